The topological polar surface area (TPSA) is 41.4 Å². The number of likely N-dealkylation sites (tertiary alicyclic amines) is 1. The summed E-state index contributed by atoms with van der Waals surface area (Å²) >= 11 is 0. The fraction of sp³-hybridized carbons (Fsp3) is 0.385. The van der Waals surface area contributed by atoms with Crippen LogP contribution in [0.4, 0.5) is 0 Å². The number of likely N-dealkylation sites (N-methyl/N-ethyl adjacent to an activating group) is 1. The Kier molecular flexibility index (Phi) is 5.60. The van der Waals surface area contributed by atoms with Gasteiger partial charge in [-0.3, -0.25) is 14.4 Å². The Hall–Kier alpha value is -2.92. The summed E-state index contributed by atoms with van der Waals surface area (Å²) in [5.74, 6) is 0.0702. The van der Waals surface area contributed by atoms with E-state index in [1.165, 1.54) is 16.7 Å². The molecule has 0 spiro atoms. The zero-order chi connectivity index (χ0) is 21.2. The molecule has 2 heterocycles. The van der Waals surface area contributed by atoms with Crippen LogP contribution >= 0.6 is 0 Å². The van der Waals surface area contributed by atoms with Gasteiger partial charge in [-0.1, -0.05) is 54.6 Å². The molecular formula is C26H30N4O. The molecule has 0 bridgehead atoms. The second-order valence-electron chi connectivity index (χ2n) is 8.95. The summed E-state index contributed by atoms with van der Waals surface area (Å²) in [6.45, 7) is 2.77. The molecule has 2 aromatic carbocycles. The van der Waals surface area contributed by atoms with E-state index in [1.54, 1.807) is 6.20 Å². The molecule has 2 aliphatic rings. The van der Waals surface area contributed by atoms with Crippen molar-refractivity contribution in [2.45, 2.75) is 44.3 Å². The van der Waals surface area contributed by atoms with Crippen LogP contribution in [0.15, 0.2) is 67.0 Å². The molecule has 0 radical (unpaired) electrons. The number of nitrogens with zero attached hydrogens (tertiary/aromatic N) is 4. The van der Waals surface area contributed by atoms with Crippen LogP contribution in [0.5, 0.6) is 0 Å². The summed E-state index contributed by atoms with van der Waals surface area (Å²) in [4.78, 5) is 17.7. The summed E-state index contributed by atoms with van der Waals surface area (Å²) in [5, 5.41) is 4.42. The standard InChI is InChI=1S/C26H30N4O/c1-28(26(31)23-16-27-30(18-23)17-20-8-3-2-4-9-20)24-12-7-13-29(19-24)25-14-21-10-5-6-11-22(21)15-25/h2-6,8-11,16,18,24-25H,7,12-15,17,19H2,1H3/t24-/m1/s1. The van der Waals surface area contributed by atoms with Crippen molar-refractivity contribution in [2.75, 3.05) is 20.1 Å². The van der Waals surface area contributed by atoms with Gasteiger partial charge in [-0.2, -0.15) is 5.10 Å². The Balaban J connectivity index is 1.22. The smallest absolute Gasteiger partial charge is 0.257 e. The second-order valence-corrected chi connectivity index (χ2v) is 8.95. The van der Waals surface area contributed by atoms with Gasteiger partial charge >= 0.3 is 0 Å². The van der Waals surface area contributed by atoms with E-state index in [9.17, 15) is 4.79 Å². The van der Waals surface area contributed by atoms with Crippen LogP contribution in [0.3, 0.4) is 0 Å². The second kappa shape index (κ2) is 8.67. The molecule has 1 aromatic heterocycles. The lowest BCUT2D eigenvalue weighted by atomic mass is 10.0. The quantitative estimate of drug-likeness (QED) is 0.640. The number of carbonyl (C=O) groups excluding carboxylic acids is 1. The van der Waals surface area contributed by atoms with E-state index in [1.807, 2.05) is 41.0 Å². The lowest BCUT2D eigenvalue weighted by Gasteiger charge is -2.40. The van der Waals surface area contributed by atoms with E-state index in [4.69, 9.17) is 0 Å². The maximum absolute atomic E-state index is 13.2. The lowest BCUT2D eigenvalue weighted by Crippen LogP contribution is -2.51. The zero-order valence-corrected chi connectivity index (χ0v) is 18.2. The van der Waals surface area contributed by atoms with Gasteiger partial charge in [-0.25, -0.2) is 0 Å². The van der Waals surface area contributed by atoms with Crippen molar-refractivity contribution in [1.82, 2.24) is 19.6 Å². The molecule has 1 amide bonds. The highest BCUT2D eigenvalue weighted by Crippen LogP contribution is 2.28. The summed E-state index contributed by atoms with van der Waals surface area (Å²) in [6, 6.07) is 19.8. The molecule has 5 rings (SSSR count). The molecule has 5 nitrogen and oxygen atoms in total. The average Bonchev–Trinajstić information content (AvgIpc) is 3.46. The number of benzene rings is 2. The van der Waals surface area contributed by atoms with Crippen LogP contribution in [0, 0.1) is 0 Å². The largest absolute Gasteiger partial charge is 0.337 e. The zero-order valence-electron chi connectivity index (χ0n) is 18.2. The van der Waals surface area contributed by atoms with E-state index in [2.05, 4.69) is 46.4 Å². The summed E-state index contributed by atoms with van der Waals surface area (Å²) < 4.78 is 1.85. The van der Waals surface area contributed by atoms with Gasteiger partial charge in [-0.05, 0) is 48.9 Å². The number of carbonyl (C=O) groups is 1. The Labute approximate surface area is 184 Å². The third-order valence-corrected chi connectivity index (χ3v) is 6.91. The minimum absolute atomic E-state index is 0.0702. The number of piperidine rings is 1. The van der Waals surface area contributed by atoms with Gasteiger partial charge in [0.25, 0.3) is 5.91 Å². The van der Waals surface area contributed by atoms with E-state index < -0.39 is 0 Å². The van der Waals surface area contributed by atoms with Crippen LogP contribution in [0.1, 0.15) is 39.9 Å². The Bertz CT molecular complexity index is 1020. The average molecular weight is 415 g/mol. The van der Waals surface area contributed by atoms with Crippen LogP contribution in [-0.4, -0.2) is 57.7 Å². The number of fused-ring (bicyclic) bond motifs is 1. The van der Waals surface area contributed by atoms with Crippen molar-refractivity contribution in [3.8, 4) is 0 Å². The maximum Gasteiger partial charge on any atom is 0.257 e. The first-order valence-corrected chi connectivity index (χ1v) is 11.3. The Morgan fingerprint density at radius 2 is 1.77 bits per heavy atom. The van der Waals surface area contributed by atoms with Gasteiger partial charge in [0.1, 0.15) is 0 Å². The SMILES string of the molecule is CN(C(=O)c1cnn(Cc2ccccc2)c1)[C@@H]1CCCN(C2Cc3ccccc3C2)C1. The van der Waals surface area contributed by atoms with Gasteiger partial charge in [0.05, 0.1) is 18.3 Å². The number of aromatic nitrogens is 2. The van der Waals surface area contributed by atoms with Crippen LogP contribution in [-0.2, 0) is 19.4 Å². The third kappa shape index (κ3) is 4.28. The van der Waals surface area contributed by atoms with Crippen LogP contribution in [0.2, 0.25) is 0 Å². The number of rotatable bonds is 5. The van der Waals surface area contributed by atoms with Crippen molar-refractivity contribution in [3.05, 3.63) is 89.2 Å². The molecule has 160 valence electrons. The van der Waals surface area contributed by atoms with Gasteiger partial charge in [0, 0.05) is 31.9 Å². The predicted octanol–water partition coefficient (Wildman–Crippen LogP) is 3.64. The number of amides is 1. The van der Waals surface area contributed by atoms with Crippen molar-refractivity contribution < 1.29 is 4.79 Å². The van der Waals surface area contributed by atoms with Crippen molar-refractivity contribution in [3.63, 3.8) is 0 Å². The molecule has 31 heavy (non-hydrogen) atoms. The van der Waals surface area contributed by atoms with Crippen molar-refractivity contribution in [2.24, 2.45) is 0 Å². The Morgan fingerprint density at radius 3 is 2.52 bits per heavy atom. The first kappa shape index (κ1) is 20.0. The summed E-state index contributed by atoms with van der Waals surface area (Å²) in [5.41, 5.74) is 4.83. The predicted molar refractivity (Wildman–Crippen MR) is 122 cm³/mol. The molecule has 5 heteroatoms. The fourth-order valence-corrected chi connectivity index (χ4v) is 5.13. The third-order valence-electron chi connectivity index (χ3n) is 6.91. The molecule has 1 atom stereocenters. The maximum atomic E-state index is 13.2. The van der Waals surface area contributed by atoms with Gasteiger partial charge in [0.15, 0.2) is 0 Å². The highest BCUT2D eigenvalue weighted by Gasteiger charge is 2.33. The van der Waals surface area contributed by atoms with Crippen molar-refractivity contribution in [1.29, 1.82) is 0 Å². The highest BCUT2D eigenvalue weighted by atomic mass is 16.2. The van der Waals surface area contributed by atoms with Crippen molar-refractivity contribution >= 4 is 5.91 Å². The Morgan fingerprint density at radius 1 is 1.06 bits per heavy atom. The number of hydrogen-bond acceptors (Lipinski definition) is 3. The fourth-order valence-electron chi connectivity index (χ4n) is 5.13. The monoisotopic (exact) mass is 414 g/mol. The summed E-state index contributed by atoms with van der Waals surface area (Å²) in [6.07, 6.45) is 8.05. The molecule has 0 N–H and O–H groups in total. The molecule has 0 unspecified atom stereocenters. The van der Waals surface area contributed by atoms with E-state index in [-0.39, 0.29) is 11.9 Å². The normalized spacial score (nSPS) is 19.3. The molecule has 1 aliphatic carbocycles. The molecular weight excluding hydrogens is 384 g/mol. The van der Waals surface area contributed by atoms with E-state index >= 15 is 0 Å². The minimum Gasteiger partial charge on any atom is -0.337 e. The van der Waals surface area contributed by atoms with Crippen LogP contribution in [0.25, 0.3) is 0 Å². The van der Waals surface area contributed by atoms with Gasteiger partial charge in [-0.15, -0.1) is 0 Å². The van der Waals surface area contributed by atoms with E-state index in [0.29, 0.717) is 18.2 Å². The highest BCUT2D eigenvalue weighted by molar-refractivity contribution is 5.93. The molecule has 0 saturated carbocycles. The molecule has 1 fully saturated rings. The van der Waals surface area contributed by atoms with E-state index in [0.717, 1.165) is 38.8 Å². The molecule has 3 aromatic rings. The molecule has 1 saturated heterocycles. The van der Waals surface area contributed by atoms with Gasteiger partial charge < -0.3 is 4.90 Å². The first-order chi connectivity index (χ1) is 15.2. The minimum atomic E-state index is 0.0702. The summed E-state index contributed by atoms with van der Waals surface area (Å²) in [7, 11) is 1.95. The first-order valence-electron chi connectivity index (χ1n) is 11.3. The lowest BCUT2D eigenvalue weighted by molar-refractivity contribution is 0.0555. The number of hydrogen-bond donors (Lipinski definition) is 0. The molecule has 1 aliphatic heterocycles. The van der Waals surface area contributed by atoms with Crippen LogP contribution < -0.4 is 0 Å². The van der Waals surface area contributed by atoms with Gasteiger partial charge in [0.2, 0.25) is 0 Å².